The predicted octanol–water partition coefficient (Wildman–Crippen LogP) is 6.75. The van der Waals surface area contributed by atoms with Gasteiger partial charge in [-0.15, -0.1) is 0 Å². The van der Waals surface area contributed by atoms with Gasteiger partial charge in [-0.25, -0.2) is 18.2 Å². The van der Waals surface area contributed by atoms with E-state index in [1.807, 2.05) is 26.0 Å². The minimum atomic E-state index is -1.58. The number of amidine groups is 1. The maximum Gasteiger partial charge on any atom is 0.165 e. The van der Waals surface area contributed by atoms with Gasteiger partial charge < -0.3 is 10.5 Å². The van der Waals surface area contributed by atoms with E-state index in [-0.39, 0.29) is 36.9 Å². The minimum Gasteiger partial charge on any atom is -0.490 e. The van der Waals surface area contributed by atoms with Crippen LogP contribution in [0.1, 0.15) is 44.7 Å². The number of benzene rings is 2. The van der Waals surface area contributed by atoms with Gasteiger partial charge in [0.15, 0.2) is 11.6 Å². The van der Waals surface area contributed by atoms with E-state index in [0.29, 0.717) is 17.1 Å². The molecule has 2 aromatic carbocycles. The van der Waals surface area contributed by atoms with Crippen LogP contribution in [0, 0.1) is 17.6 Å². The van der Waals surface area contributed by atoms with E-state index in [1.54, 1.807) is 35.5 Å². The monoisotopic (exact) mass is 483 g/mol. The van der Waals surface area contributed by atoms with Crippen molar-refractivity contribution in [3.63, 3.8) is 0 Å². The lowest BCUT2D eigenvalue weighted by Gasteiger charge is -2.22. The van der Waals surface area contributed by atoms with E-state index in [9.17, 15) is 13.2 Å². The van der Waals surface area contributed by atoms with Gasteiger partial charge in [0, 0.05) is 25.0 Å². The van der Waals surface area contributed by atoms with E-state index in [4.69, 9.17) is 10.5 Å². The van der Waals surface area contributed by atoms with Crippen molar-refractivity contribution in [2.45, 2.75) is 45.7 Å². The lowest BCUT2D eigenvalue weighted by Crippen LogP contribution is -2.25. The van der Waals surface area contributed by atoms with Gasteiger partial charge >= 0.3 is 0 Å². The Bertz CT molecular complexity index is 1140. The number of nitrogens with zero attached hydrogens (tertiary/aromatic N) is 2. The molecule has 2 unspecified atom stereocenters. The molecule has 0 aromatic heterocycles. The molecule has 1 aliphatic heterocycles. The van der Waals surface area contributed by atoms with Gasteiger partial charge in [-0.2, -0.15) is 5.10 Å². The summed E-state index contributed by atoms with van der Waals surface area (Å²) in [5, 5.41) is 6.01. The molecule has 7 heteroatoms. The highest BCUT2D eigenvalue weighted by atomic mass is 19.1. The third-order valence-electron chi connectivity index (χ3n) is 5.98. The summed E-state index contributed by atoms with van der Waals surface area (Å²) in [5.41, 5.74) is 7.30. The summed E-state index contributed by atoms with van der Waals surface area (Å²) >= 11 is 0. The fourth-order valence-corrected chi connectivity index (χ4v) is 3.53. The molecule has 2 aromatic rings. The molecular weight excluding hydrogens is 451 g/mol. The zero-order chi connectivity index (χ0) is 25.6. The molecule has 0 saturated heterocycles. The number of ether oxygens (including phenoxy) is 1. The Kier molecular flexibility index (Phi) is 8.43. The molecule has 35 heavy (non-hydrogen) atoms. The van der Waals surface area contributed by atoms with Gasteiger partial charge in [0.1, 0.15) is 17.3 Å². The molecule has 2 N–H and O–H groups in total. The van der Waals surface area contributed by atoms with Crippen molar-refractivity contribution in [1.29, 1.82) is 0 Å². The van der Waals surface area contributed by atoms with E-state index < -0.39 is 11.5 Å². The first kappa shape index (κ1) is 26.1. The zero-order valence-electron chi connectivity index (χ0n) is 20.4. The Morgan fingerprint density at radius 1 is 1.20 bits per heavy atom. The Balaban J connectivity index is 1.64. The molecule has 0 aliphatic carbocycles. The average Bonchev–Trinajstić information content (AvgIpc) is 2.82. The summed E-state index contributed by atoms with van der Waals surface area (Å²) in [5.74, 6) is -0.177. The summed E-state index contributed by atoms with van der Waals surface area (Å²) < 4.78 is 48.0. The van der Waals surface area contributed by atoms with Crippen molar-refractivity contribution < 1.29 is 17.9 Å². The molecule has 3 rings (SSSR count). The second kappa shape index (κ2) is 11.3. The fourth-order valence-electron chi connectivity index (χ4n) is 3.53. The van der Waals surface area contributed by atoms with Gasteiger partial charge in [-0.05, 0) is 66.5 Å². The van der Waals surface area contributed by atoms with Crippen LogP contribution in [-0.2, 0) is 6.42 Å². The van der Waals surface area contributed by atoms with Crippen molar-refractivity contribution in [3.05, 3.63) is 95.9 Å². The third-order valence-corrected chi connectivity index (χ3v) is 5.98. The van der Waals surface area contributed by atoms with Gasteiger partial charge in [0.2, 0.25) is 0 Å². The first-order valence-corrected chi connectivity index (χ1v) is 11.7. The molecule has 4 nitrogen and oxygen atoms in total. The van der Waals surface area contributed by atoms with Crippen molar-refractivity contribution in [2.24, 2.45) is 16.8 Å². The lowest BCUT2D eigenvalue weighted by atomic mass is 9.95. The Morgan fingerprint density at radius 3 is 2.57 bits per heavy atom. The SMILES string of the molecule is C=C1C=C(c2ccc(F)c(OCCC(C)(F)Cc3ccc(F)cc3)c2)C=CN1/N=C(/N)C(C)CC. The van der Waals surface area contributed by atoms with Crippen LogP contribution in [0.3, 0.4) is 0 Å². The standard InChI is InChI=1S/C28H32F3N3O/c1-5-19(2)27(32)33-34-14-12-23(16-20(34)3)22-8-11-25(30)26(17-22)35-15-13-28(4,31)18-21-6-9-24(29)10-7-21/h6-12,14,16-17,19H,3,5,13,15,18H2,1-2,4H3,(H2,32,33). The normalized spacial score (nSPS) is 16.6. The fraction of sp³-hybridized carbons (Fsp3) is 0.321. The zero-order valence-corrected chi connectivity index (χ0v) is 20.4. The van der Waals surface area contributed by atoms with E-state index >= 15 is 0 Å². The second-order valence-corrected chi connectivity index (χ2v) is 9.05. The summed E-state index contributed by atoms with van der Waals surface area (Å²) in [6, 6.07) is 10.3. The smallest absolute Gasteiger partial charge is 0.165 e. The van der Waals surface area contributed by atoms with Crippen LogP contribution in [0.25, 0.3) is 5.57 Å². The predicted molar refractivity (Wildman–Crippen MR) is 135 cm³/mol. The Hall–Kier alpha value is -3.48. The number of hydrazone groups is 1. The highest BCUT2D eigenvalue weighted by molar-refractivity contribution is 5.83. The molecule has 0 spiro atoms. The summed E-state index contributed by atoms with van der Waals surface area (Å²) in [6.07, 6.45) is 6.46. The van der Waals surface area contributed by atoms with E-state index in [2.05, 4.69) is 11.7 Å². The molecule has 1 heterocycles. The van der Waals surface area contributed by atoms with E-state index in [0.717, 1.165) is 17.6 Å². The third kappa shape index (κ3) is 7.25. The largest absolute Gasteiger partial charge is 0.490 e. The van der Waals surface area contributed by atoms with Crippen LogP contribution in [-0.4, -0.2) is 23.1 Å². The number of allylic oxidation sites excluding steroid dienone is 3. The van der Waals surface area contributed by atoms with Crippen molar-refractivity contribution in [2.75, 3.05) is 6.61 Å². The maximum absolute atomic E-state index is 15.0. The molecule has 0 amide bonds. The number of rotatable bonds is 10. The Labute approximate surface area is 205 Å². The van der Waals surface area contributed by atoms with Crippen molar-refractivity contribution in [1.82, 2.24) is 5.01 Å². The molecule has 0 fully saturated rings. The number of alkyl halides is 1. The molecule has 0 bridgehead atoms. The number of hydrogen-bond acceptors (Lipinski definition) is 3. The number of nitrogens with two attached hydrogens (primary N) is 1. The van der Waals surface area contributed by atoms with Crippen LogP contribution in [0.15, 0.2) is 78.2 Å². The molecule has 2 atom stereocenters. The summed E-state index contributed by atoms with van der Waals surface area (Å²) in [7, 11) is 0. The van der Waals surface area contributed by atoms with E-state index in [1.165, 1.54) is 25.1 Å². The Morgan fingerprint density at radius 2 is 1.91 bits per heavy atom. The van der Waals surface area contributed by atoms with Gasteiger partial charge in [0.25, 0.3) is 0 Å². The molecule has 0 radical (unpaired) electrons. The first-order chi connectivity index (χ1) is 16.6. The second-order valence-electron chi connectivity index (χ2n) is 9.05. The van der Waals surface area contributed by atoms with Crippen LogP contribution in [0.5, 0.6) is 5.75 Å². The number of hydrogen-bond donors (Lipinski definition) is 1. The van der Waals surface area contributed by atoms with Crippen molar-refractivity contribution in [3.8, 4) is 5.75 Å². The molecule has 186 valence electrons. The first-order valence-electron chi connectivity index (χ1n) is 11.7. The lowest BCUT2D eigenvalue weighted by molar-refractivity contribution is 0.139. The van der Waals surface area contributed by atoms with Crippen LogP contribution in [0.2, 0.25) is 0 Å². The minimum absolute atomic E-state index is 0.00640. The van der Waals surface area contributed by atoms with Gasteiger partial charge in [-0.1, -0.05) is 38.6 Å². The highest BCUT2D eigenvalue weighted by Crippen LogP contribution is 2.29. The topological polar surface area (TPSA) is 50.8 Å². The average molecular weight is 484 g/mol. The van der Waals surface area contributed by atoms with Gasteiger partial charge in [-0.3, -0.25) is 0 Å². The van der Waals surface area contributed by atoms with Gasteiger partial charge in [0.05, 0.1) is 12.3 Å². The molecular formula is C28H32F3N3O. The van der Waals surface area contributed by atoms with Crippen LogP contribution < -0.4 is 10.5 Å². The summed E-state index contributed by atoms with van der Waals surface area (Å²) in [4.78, 5) is 0. The molecule has 0 saturated carbocycles. The van der Waals surface area contributed by atoms with Crippen LogP contribution in [0.4, 0.5) is 13.2 Å². The maximum atomic E-state index is 15.0. The summed E-state index contributed by atoms with van der Waals surface area (Å²) in [6.45, 7) is 9.53. The molecule has 1 aliphatic rings. The number of halogens is 3. The van der Waals surface area contributed by atoms with Crippen molar-refractivity contribution >= 4 is 11.4 Å². The quantitative estimate of drug-likeness (QED) is 0.300. The highest BCUT2D eigenvalue weighted by Gasteiger charge is 2.24. The van der Waals surface area contributed by atoms with Crippen LogP contribution >= 0.6 is 0 Å².